The van der Waals surface area contributed by atoms with Crippen molar-refractivity contribution in [2.24, 2.45) is 5.92 Å². The van der Waals surface area contributed by atoms with Gasteiger partial charge in [-0.1, -0.05) is 54.6 Å². The van der Waals surface area contributed by atoms with Crippen LogP contribution in [0.3, 0.4) is 0 Å². The quantitative estimate of drug-likeness (QED) is 0.403. The summed E-state index contributed by atoms with van der Waals surface area (Å²) in [6.07, 6.45) is 5.79. The summed E-state index contributed by atoms with van der Waals surface area (Å²) in [7, 11) is 0. The fourth-order valence-corrected chi connectivity index (χ4v) is 5.24. The molecule has 2 atom stereocenters. The van der Waals surface area contributed by atoms with Crippen LogP contribution in [0.1, 0.15) is 24.4 Å². The molecule has 0 aliphatic carbocycles. The van der Waals surface area contributed by atoms with Gasteiger partial charge in [0.1, 0.15) is 6.33 Å². The van der Waals surface area contributed by atoms with Gasteiger partial charge in [-0.05, 0) is 24.0 Å². The zero-order valence-corrected chi connectivity index (χ0v) is 21.8. The molecule has 1 N–H and O–H groups in total. The number of carboxylic acid groups (broad SMARTS) is 1. The first-order valence-corrected chi connectivity index (χ1v) is 13.3. The molecule has 204 valence electrons. The van der Waals surface area contributed by atoms with Crippen LogP contribution in [0, 0.1) is 5.92 Å². The molecule has 2 aromatic carbocycles. The van der Waals surface area contributed by atoms with Crippen molar-refractivity contribution in [3.8, 4) is 22.5 Å². The number of rotatable bonds is 5. The molecule has 2 aliphatic rings. The number of morpholine rings is 1. The molecule has 2 aliphatic heterocycles. The number of likely N-dealkylation sites (tertiary alicyclic amines) is 1. The lowest BCUT2D eigenvalue weighted by Gasteiger charge is -2.38. The highest BCUT2D eigenvalue weighted by Crippen LogP contribution is 2.35. The minimum absolute atomic E-state index is 0.325. The van der Waals surface area contributed by atoms with Crippen molar-refractivity contribution < 1.29 is 19.4 Å². The summed E-state index contributed by atoms with van der Waals surface area (Å²) in [6.45, 7) is 3.25. The number of aromatic nitrogens is 5. The highest BCUT2D eigenvalue weighted by atomic mass is 16.5. The summed E-state index contributed by atoms with van der Waals surface area (Å²) in [5, 5.41) is 14.0. The summed E-state index contributed by atoms with van der Waals surface area (Å²) < 4.78 is 6.63. The Balaban J connectivity index is 1.17. The number of piperidine rings is 1. The van der Waals surface area contributed by atoms with Gasteiger partial charge in [0, 0.05) is 43.2 Å². The maximum absolute atomic E-state index is 13.5. The topological polar surface area (TPSA) is 127 Å². The smallest absolute Gasteiger partial charge is 0.346 e. The molecule has 2 aromatic heterocycles. The van der Waals surface area contributed by atoms with E-state index in [1.54, 1.807) is 4.90 Å². The van der Waals surface area contributed by atoms with Crippen molar-refractivity contribution in [2.45, 2.75) is 18.9 Å². The third-order valence-electron chi connectivity index (χ3n) is 7.48. The van der Waals surface area contributed by atoms with Crippen LogP contribution in [0.25, 0.3) is 22.5 Å². The van der Waals surface area contributed by atoms with E-state index < -0.39 is 11.9 Å². The molecule has 1 amide bonds. The molecule has 11 heteroatoms. The number of hydrogen-bond donors (Lipinski definition) is 1. The minimum atomic E-state index is -0.834. The van der Waals surface area contributed by atoms with Gasteiger partial charge in [0.25, 0.3) is 0 Å². The molecule has 0 saturated carbocycles. The Bertz CT molecular complexity index is 1470. The average molecular weight is 540 g/mol. The van der Waals surface area contributed by atoms with E-state index in [-0.39, 0.29) is 12.1 Å². The molecule has 4 heterocycles. The fourth-order valence-electron chi connectivity index (χ4n) is 5.24. The SMILES string of the molecule is O=C(O)[C@H]1CCN(C(=O)n2cnc(-c3ccc(-c4cnc(N5CCOCC5)nc4)cc3)n2)[C@H](c2ccccc2)C1. The van der Waals surface area contributed by atoms with E-state index in [1.807, 2.05) is 67.0 Å². The van der Waals surface area contributed by atoms with Crippen LogP contribution in [-0.4, -0.2) is 79.6 Å². The van der Waals surface area contributed by atoms with Crippen LogP contribution in [0.5, 0.6) is 0 Å². The second-order valence-corrected chi connectivity index (χ2v) is 9.92. The number of nitrogens with zero attached hydrogens (tertiary/aromatic N) is 7. The molecule has 4 aromatic rings. The van der Waals surface area contributed by atoms with Gasteiger partial charge in [-0.3, -0.25) is 4.79 Å². The van der Waals surface area contributed by atoms with E-state index in [4.69, 9.17) is 4.74 Å². The van der Waals surface area contributed by atoms with E-state index in [0.717, 1.165) is 35.3 Å². The van der Waals surface area contributed by atoms with Gasteiger partial charge in [0.05, 0.1) is 25.2 Å². The molecule has 0 spiro atoms. The molecule has 0 bridgehead atoms. The molecular weight excluding hydrogens is 510 g/mol. The molecule has 40 heavy (non-hydrogen) atoms. The van der Waals surface area contributed by atoms with Crippen molar-refractivity contribution in [3.05, 3.63) is 78.9 Å². The maximum atomic E-state index is 13.5. The van der Waals surface area contributed by atoms with Gasteiger partial charge in [-0.15, -0.1) is 5.10 Å². The fraction of sp³-hybridized carbons (Fsp3) is 0.310. The number of carbonyl (C=O) groups excluding carboxylic acids is 1. The number of benzene rings is 2. The third-order valence-corrected chi connectivity index (χ3v) is 7.48. The molecule has 11 nitrogen and oxygen atoms in total. The van der Waals surface area contributed by atoms with E-state index >= 15 is 0 Å². The Morgan fingerprint density at radius 3 is 2.25 bits per heavy atom. The first-order valence-electron chi connectivity index (χ1n) is 13.3. The zero-order valence-electron chi connectivity index (χ0n) is 21.8. The number of ether oxygens (including phenoxy) is 1. The molecule has 6 rings (SSSR count). The predicted octanol–water partition coefficient (Wildman–Crippen LogP) is 3.74. The Morgan fingerprint density at radius 1 is 0.850 bits per heavy atom. The summed E-state index contributed by atoms with van der Waals surface area (Å²) in [5.41, 5.74) is 3.53. The second-order valence-electron chi connectivity index (χ2n) is 9.92. The van der Waals surface area contributed by atoms with Crippen LogP contribution in [0.15, 0.2) is 73.3 Å². The number of hydrogen-bond acceptors (Lipinski definition) is 8. The molecule has 0 radical (unpaired) electrons. The van der Waals surface area contributed by atoms with Gasteiger partial charge in [-0.2, -0.15) is 4.68 Å². The van der Waals surface area contributed by atoms with Crippen molar-refractivity contribution in [2.75, 3.05) is 37.7 Å². The first-order chi connectivity index (χ1) is 19.6. The molecule has 2 fully saturated rings. The van der Waals surface area contributed by atoms with Crippen LogP contribution >= 0.6 is 0 Å². The molecular formula is C29H29N7O4. The van der Waals surface area contributed by atoms with Crippen molar-refractivity contribution in [1.82, 2.24) is 29.6 Å². The Kier molecular flexibility index (Phi) is 7.19. The van der Waals surface area contributed by atoms with E-state index in [9.17, 15) is 14.7 Å². The number of amides is 1. The zero-order chi connectivity index (χ0) is 27.5. The monoisotopic (exact) mass is 539 g/mol. The van der Waals surface area contributed by atoms with Crippen LogP contribution < -0.4 is 4.90 Å². The average Bonchev–Trinajstić information content (AvgIpc) is 3.52. The maximum Gasteiger partial charge on any atom is 0.346 e. The lowest BCUT2D eigenvalue weighted by atomic mass is 9.87. The van der Waals surface area contributed by atoms with Gasteiger partial charge < -0.3 is 19.6 Å². The van der Waals surface area contributed by atoms with E-state index in [1.165, 1.54) is 11.0 Å². The number of anilines is 1. The van der Waals surface area contributed by atoms with Crippen LogP contribution in [0.2, 0.25) is 0 Å². The summed E-state index contributed by atoms with van der Waals surface area (Å²) in [4.78, 5) is 42.4. The lowest BCUT2D eigenvalue weighted by molar-refractivity contribution is -0.143. The minimum Gasteiger partial charge on any atom is -0.481 e. The van der Waals surface area contributed by atoms with Crippen molar-refractivity contribution >= 4 is 17.9 Å². The molecule has 2 saturated heterocycles. The third kappa shape index (κ3) is 5.28. The van der Waals surface area contributed by atoms with Gasteiger partial charge >= 0.3 is 12.0 Å². The van der Waals surface area contributed by atoms with Gasteiger partial charge in [0.15, 0.2) is 5.82 Å². The van der Waals surface area contributed by atoms with Crippen molar-refractivity contribution in [1.29, 1.82) is 0 Å². The lowest BCUT2D eigenvalue weighted by Crippen LogP contribution is -2.44. The summed E-state index contributed by atoms with van der Waals surface area (Å²) >= 11 is 0. The van der Waals surface area contributed by atoms with E-state index in [0.29, 0.717) is 44.4 Å². The van der Waals surface area contributed by atoms with Crippen LogP contribution in [0.4, 0.5) is 10.7 Å². The normalized spacial score (nSPS) is 19.4. The van der Waals surface area contributed by atoms with Gasteiger partial charge in [0.2, 0.25) is 5.95 Å². The number of carboxylic acids is 1. The van der Waals surface area contributed by atoms with Crippen molar-refractivity contribution in [3.63, 3.8) is 0 Å². The summed E-state index contributed by atoms with van der Waals surface area (Å²) in [6, 6.07) is 16.6. The largest absolute Gasteiger partial charge is 0.481 e. The highest BCUT2D eigenvalue weighted by molar-refractivity contribution is 5.78. The second kappa shape index (κ2) is 11.2. The van der Waals surface area contributed by atoms with Gasteiger partial charge in [-0.25, -0.2) is 19.7 Å². The standard InChI is InChI=1S/C29H29N7O4/c37-27(38)23-10-11-35(25(16-23)21-4-2-1-3-5-21)29(39)36-19-32-26(33-36)22-8-6-20(7-9-22)24-17-30-28(31-18-24)34-12-14-40-15-13-34/h1-9,17-19,23,25H,10-16H2,(H,37,38)/t23-,25-/m0/s1. The molecule has 0 unspecified atom stereocenters. The first kappa shape index (κ1) is 25.6. The Morgan fingerprint density at radius 2 is 1.55 bits per heavy atom. The van der Waals surface area contributed by atoms with E-state index in [2.05, 4.69) is 25.0 Å². The highest BCUT2D eigenvalue weighted by Gasteiger charge is 2.36. The number of carbonyl (C=O) groups is 2. The number of aliphatic carboxylic acids is 1. The Labute approximate surface area is 231 Å². The summed E-state index contributed by atoms with van der Waals surface area (Å²) in [5.74, 6) is -0.209. The Hall–Kier alpha value is -4.64. The predicted molar refractivity (Wildman–Crippen MR) is 147 cm³/mol. The van der Waals surface area contributed by atoms with Crippen LogP contribution in [-0.2, 0) is 9.53 Å².